The molecule has 1 fully saturated rings. The second-order valence-corrected chi connectivity index (χ2v) is 4.63. The Morgan fingerprint density at radius 1 is 1.47 bits per heavy atom. The van der Waals surface area contributed by atoms with E-state index in [0.29, 0.717) is 5.92 Å². The number of aryl methyl sites for hydroxylation is 2. The molecule has 0 spiro atoms. The van der Waals surface area contributed by atoms with Gasteiger partial charge < -0.3 is 0 Å². The van der Waals surface area contributed by atoms with Crippen LogP contribution >= 0.6 is 11.3 Å². The van der Waals surface area contributed by atoms with Crippen molar-refractivity contribution < 1.29 is 0 Å². The third-order valence-corrected chi connectivity index (χ3v) is 3.27. The Labute approximate surface area is 92.0 Å². The molecule has 0 saturated heterocycles. The lowest BCUT2D eigenvalue weighted by molar-refractivity contribution is 0.585. The molecule has 4 nitrogen and oxygen atoms in total. The Kier molecular flexibility index (Phi) is 2.25. The minimum absolute atomic E-state index is 0.693. The summed E-state index contributed by atoms with van der Waals surface area (Å²) in [7, 11) is 0. The summed E-state index contributed by atoms with van der Waals surface area (Å²) in [6, 6.07) is 0. The minimum Gasteiger partial charge on any atom is -0.252 e. The molecule has 1 aliphatic rings. The molecule has 0 amide bonds. The van der Waals surface area contributed by atoms with Crippen LogP contribution in [0.3, 0.4) is 0 Å². The van der Waals surface area contributed by atoms with E-state index in [1.54, 1.807) is 11.3 Å². The van der Waals surface area contributed by atoms with E-state index in [1.165, 1.54) is 12.8 Å². The minimum atomic E-state index is 0.693. The molecule has 0 radical (unpaired) electrons. The van der Waals surface area contributed by atoms with Crippen LogP contribution in [0.5, 0.6) is 0 Å². The van der Waals surface area contributed by atoms with E-state index in [4.69, 9.17) is 0 Å². The Hall–Kier alpha value is -1.23. The van der Waals surface area contributed by atoms with Gasteiger partial charge in [-0.25, -0.2) is 4.98 Å². The first-order valence-corrected chi connectivity index (χ1v) is 6.13. The van der Waals surface area contributed by atoms with Gasteiger partial charge in [-0.1, -0.05) is 5.21 Å². The Balaban J connectivity index is 1.61. The molecule has 2 aromatic rings. The zero-order valence-electron chi connectivity index (χ0n) is 8.33. The van der Waals surface area contributed by atoms with Crippen LogP contribution in [0, 0.1) is 0 Å². The molecular formula is C10H12N4S. The van der Waals surface area contributed by atoms with Gasteiger partial charge in [0.1, 0.15) is 0 Å². The fraction of sp³-hybridized carbons (Fsp3) is 0.500. The molecule has 0 bridgehead atoms. The van der Waals surface area contributed by atoms with Crippen molar-refractivity contribution in [2.45, 2.75) is 31.7 Å². The summed E-state index contributed by atoms with van der Waals surface area (Å²) in [6.45, 7) is 0.878. The molecule has 78 valence electrons. The number of hydrogen-bond acceptors (Lipinski definition) is 4. The van der Waals surface area contributed by atoms with Crippen molar-refractivity contribution >= 4 is 11.3 Å². The van der Waals surface area contributed by atoms with E-state index >= 15 is 0 Å². The highest BCUT2D eigenvalue weighted by atomic mass is 32.1. The Morgan fingerprint density at radius 3 is 3.13 bits per heavy atom. The van der Waals surface area contributed by atoms with Crippen LogP contribution in [-0.2, 0) is 13.0 Å². The van der Waals surface area contributed by atoms with Crippen molar-refractivity contribution in [1.82, 2.24) is 20.0 Å². The van der Waals surface area contributed by atoms with Crippen LogP contribution in [0.4, 0.5) is 0 Å². The van der Waals surface area contributed by atoms with E-state index in [-0.39, 0.29) is 0 Å². The number of hydrogen-bond donors (Lipinski definition) is 0. The summed E-state index contributed by atoms with van der Waals surface area (Å²) < 4.78 is 1.92. The Morgan fingerprint density at radius 2 is 2.40 bits per heavy atom. The zero-order valence-corrected chi connectivity index (χ0v) is 9.15. The average molecular weight is 220 g/mol. The average Bonchev–Trinajstić information content (AvgIpc) is 2.82. The molecule has 0 unspecified atom stereocenters. The first kappa shape index (κ1) is 9.03. The van der Waals surface area contributed by atoms with Crippen LogP contribution in [0.1, 0.15) is 30.1 Å². The summed E-state index contributed by atoms with van der Waals surface area (Å²) in [4.78, 5) is 4.24. The molecule has 15 heavy (non-hydrogen) atoms. The van der Waals surface area contributed by atoms with Gasteiger partial charge in [0.2, 0.25) is 0 Å². The molecule has 1 aliphatic carbocycles. The normalized spacial score (nSPS) is 15.7. The number of nitrogens with zero attached hydrogens (tertiary/aromatic N) is 4. The van der Waals surface area contributed by atoms with E-state index in [2.05, 4.69) is 26.9 Å². The molecule has 2 heterocycles. The number of aromatic nitrogens is 4. The highest BCUT2D eigenvalue weighted by molar-refractivity contribution is 7.07. The maximum Gasteiger partial charge on any atom is 0.0857 e. The lowest BCUT2D eigenvalue weighted by Crippen LogP contribution is -2.02. The third kappa shape index (κ3) is 2.07. The smallest absolute Gasteiger partial charge is 0.0857 e. The lowest BCUT2D eigenvalue weighted by atomic mass is 10.3. The third-order valence-electron chi connectivity index (χ3n) is 2.63. The van der Waals surface area contributed by atoms with Gasteiger partial charge in [-0.2, -0.15) is 0 Å². The zero-order chi connectivity index (χ0) is 10.1. The summed E-state index contributed by atoms with van der Waals surface area (Å²) >= 11 is 1.64. The van der Waals surface area contributed by atoms with Gasteiger partial charge in [0.15, 0.2) is 0 Å². The maximum atomic E-state index is 4.24. The molecule has 0 N–H and O–H groups in total. The summed E-state index contributed by atoms with van der Waals surface area (Å²) in [5, 5.41) is 10.4. The molecular weight excluding hydrogens is 208 g/mol. The van der Waals surface area contributed by atoms with Crippen LogP contribution in [-0.4, -0.2) is 20.0 Å². The van der Waals surface area contributed by atoms with Crippen molar-refractivity contribution in [2.75, 3.05) is 0 Å². The molecule has 0 atom stereocenters. The van der Waals surface area contributed by atoms with Gasteiger partial charge in [-0.15, -0.1) is 16.4 Å². The molecule has 5 heteroatoms. The molecule has 2 aromatic heterocycles. The molecule has 0 aliphatic heterocycles. The number of rotatable bonds is 4. The standard InChI is InChI=1S/C10H12N4S/c1-2-8(1)10-5-14(13-12-10)4-3-9-6-15-7-11-9/h5-8H,1-4H2. The van der Waals surface area contributed by atoms with Gasteiger partial charge in [0, 0.05) is 30.5 Å². The predicted molar refractivity (Wildman–Crippen MR) is 57.8 cm³/mol. The Bertz CT molecular complexity index is 430. The lowest BCUT2D eigenvalue weighted by Gasteiger charge is -1.96. The quantitative estimate of drug-likeness (QED) is 0.790. The van der Waals surface area contributed by atoms with Gasteiger partial charge in [0.05, 0.1) is 16.9 Å². The summed E-state index contributed by atoms with van der Waals surface area (Å²) in [5.74, 6) is 0.693. The number of thiazole rings is 1. The van der Waals surface area contributed by atoms with Crippen molar-refractivity contribution in [3.63, 3.8) is 0 Å². The summed E-state index contributed by atoms with van der Waals surface area (Å²) in [6.07, 6.45) is 5.58. The van der Waals surface area contributed by atoms with Gasteiger partial charge >= 0.3 is 0 Å². The van der Waals surface area contributed by atoms with Crippen molar-refractivity contribution in [2.24, 2.45) is 0 Å². The van der Waals surface area contributed by atoms with Crippen molar-refractivity contribution in [3.8, 4) is 0 Å². The van der Waals surface area contributed by atoms with Gasteiger partial charge in [0.25, 0.3) is 0 Å². The van der Waals surface area contributed by atoms with Crippen molar-refractivity contribution in [1.29, 1.82) is 0 Å². The molecule has 3 rings (SSSR count). The monoisotopic (exact) mass is 220 g/mol. The first-order valence-electron chi connectivity index (χ1n) is 5.19. The first-order chi connectivity index (χ1) is 7.42. The largest absolute Gasteiger partial charge is 0.252 e. The topological polar surface area (TPSA) is 43.6 Å². The second kappa shape index (κ2) is 3.73. The van der Waals surface area contributed by atoms with E-state index in [9.17, 15) is 0 Å². The van der Waals surface area contributed by atoms with Crippen LogP contribution < -0.4 is 0 Å². The van der Waals surface area contributed by atoms with Crippen LogP contribution in [0.15, 0.2) is 17.1 Å². The van der Waals surface area contributed by atoms with Gasteiger partial charge in [-0.3, -0.25) is 4.68 Å². The van der Waals surface area contributed by atoms with Crippen molar-refractivity contribution in [3.05, 3.63) is 28.5 Å². The molecule has 1 saturated carbocycles. The SMILES string of the molecule is c1nc(CCn2cc(C3CC3)nn2)cs1. The second-order valence-electron chi connectivity index (χ2n) is 3.91. The highest BCUT2D eigenvalue weighted by Gasteiger charge is 2.26. The maximum absolute atomic E-state index is 4.24. The predicted octanol–water partition coefficient (Wildman–Crippen LogP) is 1.85. The fourth-order valence-electron chi connectivity index (χ4n) is 1.58. The van der Waals surface area contributed by atoms with E-state index < -0.39 is 0 Å². The van der Waals surface area contributed by atoms with E-state index in [0.717, 1.165) is 24.4 Å². The van der Waals surface area contributed by atoms with E-state index in [1.807, 2.05) is 10.2 Å². The fourth-order valence-corrected chi connectivity index (χ4v) is 2.17. The highest BCUT2D eigenvalue weighted by Crippen LogP contribution is 2.38. The van der Waals surface area contributed by atoms with Crippen LogP contribution in [0.25, 0.3) is 0 Å². The van der Waals surface area contributed by atoms with Gasteiger partial charge in [-0.05, 0) is 12.8 Å². The summed E-state index contributed by atoms with van der Waals surface area (Å²) in [5.41, 5.74) is 4.17. The van der Waals surface area contributed by atoms with Crippen LogP contribution in [0.2, 0.25) is 0 Å². The molecule has 0 aromatic carbocycles.